The van der Waals surface area contributed by atoms with Crippen LogP contribution in [0.15, 0.2) is 11.8 Å². The minimum atomic E-state index is -1.14. The van der Waals surface area contributed by atoms with Gasteiger partial charge in [0.25, 0.3) is 0 Å². The van der Waals surface area contributed by atoms with Gasteiger partial charge in [-0.15, -0.1) is 0 Å². The first kappa shape index (κ1) is 26.9. The number of carbonyl (C=O) groups is 4. The van der Waals surface area contributed by atoms with Crippen molar-refractivity contribution in [3.63, 3.8) is 0 Å². The van der Waals surface area contributed by atoms with E-state index in [1.165, 1.54) is 20.1 Å². The molecule has 1 spiro atoms. The SMILES string of the molecule is CC(=O)OC(C)C(C)C(=O)O[C@@H]1[C@@H]2OC(=O)[C@]3(C)[C@H]1C[C@@]14C2=CO[C@@H](OC(=O)C(C)C(C)O)[C@@H]1C[C@@H](O)[C@@H]34. The minimum absolute atomic E-state index is 0.257. The number of hydrogen-bond donors (Lipinski definition) is 2. The molecule has 5 rings (SSSR count). The Morgan fingerprint density at radius 2 is 1.74 bits per heavy atom. The van der Waals surface area contributed by atoms with Gasteiger partial charge in [0.1, 0.15) is 12.2 Å². The molecule has 5 aliphatic rings. The summed E-state index contributed by atoms with van der Waals surface area (Å²) in [5, 5.41) is 21.2. The Hall–Kier alpha value is -2.66. The van der Waals surface area contributed by atoms with Crippen molar-refractivity contribution in [1.82, 2.24) is 0 Å². The van der Waals surface area contributed by atoms with Crippen molar-refractivity contribution in [2.24, 2.45) is 40.4 Å². The number of hydrogen-bond acceptors (Lipinski definition) is 11. The van der Waals surface area contributed by atoms with Gasteiger partial charge >= 0.3 is 23.9 Å². The average molecular weight is 537 g/mol. The van der Waals surface area contributed by atoms with Crippen LogP contribution in [-0.2, 0) is 42.9 Å². The fraction of sp³-hybridized carbons (Fsp3) is 0.778. The van der Waals surface area contributed by atoms with E-state index in [9.17, 15) is 29.4 Å². The van der Waals surface area contributed by atoms with E-state index in [4.69, 9.17) is 23.7 Å². The molecule has 2 heterocycles. The van der Waals surface area contributed by atoms with E-state index in [0.717, 1.165) is 0 Å². The van der Waals surface area contributed by atoms with Crippen molar-refractivity contribution in [2.45, 2.75) is 91.2 Å². The lowest BCUT2D eigenvalue weighted by Crippen LogP contribution is -2.59. The van der Waals surface area contributed by atoms with Gasteiger partial charge in [-0.25, -0.2) is 0 Å². The summed E-state index contributed by atoms with van der Waals surface area (Å²) in [4.78, 5) is 50.6. The summed E-state index contributed by atoms with van der Waals surface area (Å²) in [6.07, 6.45) is -3.16. The number of esters is 4. The molecule has 0 amide bonds. The van der Waals surface area contributed by atoms with E-state index in [1.54, 1.807) is 27.7 Å². The van der Waals surface area contributed by atoms with Crippen LogP contribution >= 0.6 is 0 Å². The number of carbonyl (C=O) groups excluding carboxylic acids is 4. The number of fused-ring (bicyclic) bond motifs is 3. The summed E-state index contributed by atoms with van der Waals surface area (Å²) in [6.45, 7) is 9.28. The second kappa shape index (κ2) is 8.94. The maximum atomic E-state index is 13.4. The summed E-state index contributed by atoms with van der Waals surface area (Å²) >= 11 is 0. The number of ether oxygens (including phenoxy) is 5. The molecule has 3 bridgehead atoms. The van der Waals surface area contributed by atoms with Crippen molar-refractivity contribution in [3.05, 3.63) is 11.8 Å². The van der Waals surface area contributed by atoms with Gasteiger partial charge in [0.05, 0.1) is 35.7 Å². The number of rotatable bonds is 7. The van der Waals surface area contributed by atoms with E-state index < -0.39 is 101 Å². The molecule has 0 radical (unpaired) electrons. The highest BCUT2D eigenvalue weighted by Crippen LogP contribution is 2.77. The van der Waals surface area contributed by atoms with Gasteiger partial charge in [0.15, 0.2) is 6.10 Å². The molecule has 4 fully saturated rings. The lowest BCUT2D eigenvalue weighted by atomic mass is 9.61. The van der Waals surface area contributed by atoms with E-state index in [1.807, 2.05) is 0 Å². The maximum Gasteiger partial charge on any atom is 0.314 e. The highest BCUT2D eigenvalue weighted by atomic mass is 16.7. The molecule has 210 valence electrons. The molecular weight excluding hydrogens is 500 g/mol. The second-order valence-electron chi connectivity index (χ2n) is 11.9. The van der Waals surface area contributed by atoms with Crippen molar-refractivity contribution in [1.29, 1.82) is 0 Å². The molecule has 4 unspecified atom stereocenters. The molecule has 11 heteroatoms. The first-order valence-electron chi connectivity index (χ1n) is 13.3. The molecule has 0 aromatic carbocycles. The Morgan fingerprint density at radius 1 is 1.08 bits per heavy atom. The second-order valence-corrected chi connectivity index (χ2v) is 11.9. The first-order valence-corrected chi connectivity index (χ1v) is 13.3. The predicted molar refractivity (Wildman–Crippen MR) is 126 cm³/mol. The van der Waals surface area contributed by atoms with Crippen LogP contribution < -0.4 is 0 Å². The van der Waals surface area contributed by atoms with Crippen LogP contribution in [0.1, 0.15) is 54.4 Å². The Kier molecular flexibility index (Phi) is 6.34. The largest absolute Gasteiger partial charge is 0.462 e. The maximum absolute atomic E-state index is 13.4. The van der Waals surface area contributed by atoms with Crippen molar-refractivity contribution in [3.8, 4) is 0 Å². The quantitative estimate of drug-likeness (QED) is 0.357. The third-order valence-electron chi connectivity index (χ3n) is 9.95. The van der Waals surface area contributed by atoms with Crippen LogP contribution in [0, 0.1) is 40.4 Å². The topological polar surface area (TPSA) is 155 Å². The van der Waals surface area contributed by atoms with E-state index >= 15 is 0 Å². The fourth-order valence-electron chi connectivity index (χ4n) is 7.71. The zero-order chi connectivity index (χ0) is 27.9. The Balaban J connectivity index is 1.48. The zero-order valence-electron chi connectivity index (χ0n) is 22.4. The summed E-state index contributed by atoms with van der Waals surface area (Å²) < 4.78 is 28.6. The monoisotopic (exact) mass is 536 g/mol. The van der Waals surface area contributed by atoms with E-state index in [-0.39, 0.29) is 6.42 Å². The van der Waals surface area contributed by atoms with Gasteiger partial charge < -0.3 is 33.9 Å². The van der Waals surface area contributed by atoms with Gasteiger partial charge in [-0.1, -0.05) is 0 Å². The molecule has 2 N–H and O–H groups in total. The minimum Gasteiger partial charge on any atom is -0.462 e. The summed E-state index contributed by atoms with van der Waals surface area (Å²) in [6, 6.07) is 0. The third-order valence-corrected chi connectivity index (χ3v) is 9.95. The van der Waals surface area contributed by atoms with Crippen LogP contribution in [0.4, 0.5) is 0 Å². The van der Waals surface area contributed by atoms with Crippen LogP contribution in [0.5, 0.6) is 0 Å². The summed E-state index contributed by atoms with van der Waals surface area (Å²) in [7, 11) is 0. The first-order chi connectivity index (χ1) is 17.7. The lowest BCUT2D eigenvalue weighted by molar-refractivity contribution is -0.215. The van der Waals surface area contributed by atoms with Crippen molar-refractivity contribution >= 4 is 23.9 Å². The Morgan fingerprint density at radius 3 is 2.37 bits per heavy atom. The fourth-order valence-corrected chi connectivity index (χ4v) is 7.71. The number of aliphatic hydroxyl groups is 2. The Labute approximate surface area is 220 Å². The predicted octanol–water partition coefficient (Wildman–Crippen LogP) is 1.23. The van der Waals surface area contributed by atoms with E-state index in [0.29, 0.717) is 12.0 Å². The Bertz CT molecular complexity index is 1080. The van der Waals surface area contributed by atoms with Gasteiger partial charge in [0.2, 0.25) is 6.29 Å². The average Bonchev–Trinajstić information content (AvgIpc) is 3.25. The van der Waals surface area contributed by atoms with Crippen LogP contribution in [0.3, 0.4) is 0 Å². The highest BCUT2D eigenvalue weighted by Gasteiger charge is 2.82. The molecule has 3 aliphatic carbocycles. The van der Waals surface area contributed by atoms with Gasteiger partial charge in [0, 0.05) is 35.7 Å². The van der Waals surface area contributed by atoms with Crippen molar-refractivity contribution in [2.75, 3.05) is 0 Å². The molecule has 13 atom stereocenters. The van der Waals surface area contributed by atoms with Crippen LogP contribution in [-0.4, -0.2) is 70.9 Å². The molecule has 1 saturated heterocycles. The number of aliphatic hydroxyl groups excluding tert-OH is 2. The normalized spacial score (nSPS) is 43.0. The van der Waals surface area contributed by atoms with Crippen molar-refractivity contribution < 1.29 is 53.1 Å². The lowest BCUT2D eigenvalue weighted by Gasteiger charge is -2.51. The van der Waals surface area contributed by atoms with Gasteiger partial charge in [-0.05, 0) is 47.5 Å². The molecule has 11 nitrogen and oxygen atoms in total. The smallest absolute Gasteiger partial charge is 0.314 e. The molecule has 3 saturated carbocycles. The standard InChI is InChI=1S/C27H36O11/c1-10(12(3)28)22(31)38-24-15-7-18(30)21-26(6)16-8-27(15,21)17(9-34-24)20(37-25(26)33)19(16)36-23(32)11(2)13(4)35-14(5)29/h9-13,15-16,18-21,24,28,30H,7-8H2,1-6H3/t10?,11?,12?,13?,15-,16-,18+,19-,20+,21-,24-,26+,27-/m0/s1. The van der Waals surface area contributed by atoms with Gasteiger partial charge in [-0.3, -0.25) is 19.2 Å². The van der Waals surface area contributed by atoms with E-state index in [2.05, 4.69) is 0 Å². The zero-order valence-corrected chi connectivity index (χ0v) is 22.4. The molecule has 0 aromatic heterocycles. The van der Waals surface area contributed by atoms with Crippen LogP contribution in [0.25, 0.3) is 0 Å². The van der Waals surface area contributed by atoms with Crippen LogP contribution in [0.2, 0.25) is 0 Å². The molecular formula is C27H36O11. The summed E-state index contributed by atoms with van der Waals surface area (Å²) in [5.74, 6) is -5.15. The summed E-state index contributed by atoms with van der Waals surface area (Å²) in [5.41, 5.74) is -1.27. The van der Waals surface area contributed by atoms with Gasteiger partial charge in [-0.2, -0.15) is 0 Å². The highest BCUT2D eigenvalue weighted by molar-refractivity contribution is 5.82. The third kappa shape index (κ3) is 3.53. The molecule has 0 aromatic rings. The molecule has 2 aliphatic heterocycles. The molecule has 38 heavy (non-hydrogen) atoms.